The summed E-state index contributed by atoms with van der Waals surface area (Å²) in [7, 11) is 0. The minimum atomic E-state index is -0.597. The second-order valence-electron chi connectivity index (χ2n) is 7.63. The maximum Gasteiger partial charge on any atom is 0.410 e. The number of nitrogens with zero attached hydrogens (tertiary/aromatic N) is 3. The van der Waals surface area contributed by atoms with Crippen LogP contribution in [0.4, 0.5) is 10.5 Å². The first-order valence-corrected chi connectivity index (χ1v) is 9.02. The Hall–Kier alpha value is -2.35. The molecule has 1 aromatic rings. The molecule has 1 atom stereocenters. The fraction of sp³-hybridized carbons (Fsp3) is 0.556. The van der Waals surface area contributed by atoms with Crippen LogP contribution in [0.2, 0.25) is 5.02 Å². The van der Waals surface area contributed by atoms with Crippen molar-refractivity contribution in [3.8, 4) is 0 Å². The van der Waals surface area contributed by atoms with Gasteiger partial charge in [0.25, 0.3) is 11.6 Å². The van der Waals surface area contributed by atoms with E-state index in [2.05, 4.69) is 0 Å². The van der Waals surface area contributed by atoms with Crippen LogP contribution in [0.15, 0.2) is 12.1 Å². The Morgan fingerprint density at radius 3 is 2.44 bits per heavy atom. The lowest BCUT2D eigenvalue weighted by Gasteiger charge is -2.40. The fourth-order valence-electron chi connectivity index (χ4n) is 2.98. The molecular weight excluding hydrogens is 374 g/mol. The largest absolute Gasteiger partial charge is 0.444 e. The van der Waals surface area contributed by atoms with Gasteiger partial charge >= 0.3 is 6.09 Å². The quantitative estimate of drug-likeness (QED) is 0.561. The molecule has 2 amide bonds. The summed E-state index contributed by atoms with van der Waals surface area (Å²) in [5.41, 5.74) is -0.310. The van der Waals surface area contributed by atoms with Gasteiger partial charge in [0.1, 0.15) is 5.60 Å². The number of hydrogen-bond acceptors (Lipinski definition) is 5. The molecular formula is C18H24ClN3O5. The number of carbonyl (C=O) groups is 2. The topological polar surface area (TPSA) is 93.0 Å². The van der Waals surface area contributed by atoms with Crippen LogP contribution in [0.25, 0.3) is 0 Å². The molecule has 1 unspecified atom stereocenters. The molecule has 9 heteroatoms. The van der Waals surface area contributed by atoms with Gasteiger partial charge in [-0.2, -0.15) is 0 Å². The Balaban J connectivity index is 2.17. The van der Waals surface area contributed by atoms with Gasteiger partial charge in [0.2, 0.25) is 0 Å². The molecule has 27 heavy (non-hydrogen) atoms. The molecule has 0 aromatic heterocycles. The first kappa shape index (κ1) is 21.0. The summed E-state index contributed by atoms with van der Waals surface area (Å²) < 4.78 is 5.40. The van der Waals surface area contributed by atoms with Crippen LogP contribution in [0.1, 0.15) is 43.6 Å². The zero-order valence-electron chi connectivity index (χ0n) is 16.1. The minimum Gasteiger partial charge on any atom is -0.444 e. The molecule has 1 aliphatic heterocycles. The summed E-state index contributed by atoms with van der Waals surface area (Å²) in [5.74, 6) is -0.339. The van der Waals surface area contributed by atoms with Crippen LogP contribution in [0.5, 0.6) is 0 Å². The number of ether oxygens (including phenoxy) is 1. The highest BCUT2D eigenvalue weighted by Crippen LogP contribution is 2.28. The van der Waals surface area contributed by atoms with Gasteiger partial charge in [0, 0.05) is 42.3 Å². The number of amides is 2. The smallest absolute Gasteiger partial charge is 0.410 e. The Bertz CT molecular complexity index is 775. The molecule has 1 heterocycles. The molecule has 1 fully saturated rings. The fourth-order valence-corrected chi connectivity index (χ4v) is 3.19. The minimum absolute atomic E-state index is 0.135. The molecule has 8 nitrogen and oxygen atoms in total. The Kier molecular flexibility index (Phi) is 5.99. The van der Waals surface area contributed by atoms with E-state index in [4.69, 9.17) is 16.3 Å². The van der Waals surface area contributed by atoms with Crippen molar-refractivity contribution in [1.82, 2.24) is 9.80 Å². The summed E-state index contributed by atoms with van der Waals surface area (Å²) >= 11 is 5.96. The number of halogens is 1. The molecule has 0 aliphatic carbocycles. The van der Waals surface area contributed by atoms with Crippen molar-refractivity contribution in [2.45, 2.75) is 46.3 Å². The first-order valence-electron chi connectivity index (χ1n) is 8.64. The average Bonchev–Trinajstić information content (AvgIpc) is 2.53. The van der Waals surface area contributed by atoms with E-state index >= 15 is 0 Å². The van der Waals surface area contributed by atoms with E-state index in [-0.39, 0.29) is 33.8 Å². The predicted octanol–water partition coefficient (Wildman–Crippen LogP) is 3.64. The molecule has 1 aromatic carbocycles. The van der Waals surface area contributed by atoms with Crippen LogP contribution in [0, 0.1) is 17.0 Å². The van der Waals surface area contributed by atoms with Crippen LogP contribution in [-0.4, -0.2) is 58.0 Å². The normalized spacial score (nSPS) is 17.6. The van der Waals surface area contributed by atoms with E-state index in [1.807, 2.05) is 6.92 Å². The number of piperazine rings is 1. The lowest BCUT2D eigenvalue weighted by atomic mass is 10.0. The average molecular weight is 398 g/mol. The summed E-state index contributed by atoms with van der Waals surface area (Å²) in [4.78, 5) is 39.0. The van der Waals surface area contributed by atoms with Crippen LogP contribution < -0.4 is 0 Å². The second kappa shape index (κ2) is 7.72. The molecule has 1 aliphatic rings. The maximum atomic E-state index is 12.9. The van der Waals surface area contributed by atoms with Crippen molar-refractivity contribution in [1.29, 1.82) is 0 Å². The van der Waals surface area contributed by atoms with Gasteiger partial charge in [-0.3, -0.25) is 14.9 Å². The number of nitro benzene ring substituents is 1. The number of carbonyl (C=O) groups excluding carboxylic acids is 2. The van der Waals surface area contributed by atoms with Crippen LogP contribution in [-0.2, 0) is 4.74 Å². The van der Waals surface area contributed by atoms with Gasteiger partial charge in [-0.1, -0.05) is 11.6 Å². The van der Waals surface area contributed by atoms with Crippen molar-refractivity contribution < 1.29 is 19.2 Å². The summed E-state index contributed by atoms with van der Waals surface area (Å²) in [6.07, 6.45) is -0.420. The molecule has 0 spiro atoms. The van der Waals surface area contributed by atoms with Crippen molar-refractivity contribution in [3.63, 3.8) is 0 Å². The lowest BCUT2D eigenvalue weighted by molar-refractivity contribution is -0.385. The van der Waals surface area contributed by atoms with E-state index in [9.17, 15) is 19.7 Å². The number of benzene rings is 1. The lowest BCUT2D eigenvalue weighted by Crippen LogP contribution is -2.56. The molecule has 0 bridgehead atoms. The van der Waals surface area contributed by atoms with Gasteiger partial charge in [0.05, 0.1) is 10.5 Å². The van der Waals surface area contributed by atoms with E-state index in [1.54, 1.807) is 30.6 Å². The number of nitro groups is 1. The third-order valence-electron chi connectivity index (χ3n) is 4.31. The van der Waals surface area contributed by atoms with Crippen LogP contribution in [0.3, 0.4) is 0 Å². The van der Waals surface area contributed by atoms with E-state index in [0.717, 1.165) is 0 Å². The molecule has 0 saturated carbocycles. The highest BCUT2D eigenvalue weighted by Gasteiger charge is 2.34. The SMILES string of the molecule is Cc1c(C(=O)N2CCN(C(=O)OC(C)(C)C)C(C)C2)cc(Cl)cc1[N+](=O)[O-]. The second-order valence-corrected chi connectivity index (χ2v) is 8.06. The molecule has 1 saturated heterocycles. The predicted molar refractivity (Wildman–Crippen MR) is 101 cm³/mol. The number of hydrogen-bond donors (Lipinski definition) is 0. The first-order chi connectivity index (χ1) is 12.4. The van der Waals surface area contributed by atoms with Gasteiger partial charge in [-0.15, -0.1) is 0 Å². The van der Waals surface area contributed by atoms with Crippen molar-refractivity contribution in [2.75, 3.05) is 19.6 Å². The zero-order chi connectivity index (χ0) is 20.5. The van der Waals surface area contributed by atoms with Gasteiger partial charge < -0.3 is 14.5 Å². The molecule has 0 radical (unpaired) electrons. The Labute approximate surface area is 163 Å². The Morgan fingerprint density at radius 1 is 1.30 bits per heavy atom. The molecule has 148 valence electrons. The highest BCUT2D eigenvalue weighted by molar-refractivity contribution is 6.31. The molecule has 2 rings (SSSR count). The monoisotopic (exact) mass is 397 g/mol. The molecule has 0 N–H and O–H groups in total. The zero-order valence-corrected chi connectivity index (χ0v) is 16.9. The summed E-state index contributed by atoms with van der Waals surface area (Å²) in [6.45, 7) is 9.68. The summed E-state index contributed by atoms with van der Waals surface area (Å²) in [6, 6.07) is 2.43. The third-order valence-corrected chi connectivity index (χ3v) is 4.53. The maximum absolute atomic E-state index is 12.9. The standard InChI is InChI=1S/C18H24ClN3O5/c1-11-10-20(6-7-21(11)17(24)27-18(3,4)5)16(23)14-8-13(19)9-15(12(14)2)22(25)26/h8-9,11H,6-7,10H2,1-5H3. The van der Waals surface area contributed by atoms with Gasteiger partial charge in [-0.05, 0) is 40.7 Å². The van der Waals surface area contributed by atoms with Gasteiger partial charge in [0.15, 0.2) is 0 Å². The third kappa shape index (κ3) is 4.88. The van der Waals surface area contributed by atoms with Crippen molar-refractivity contribution in [3.05, 3.63) is 38.4 Å². The van der Waals surface area contributed by atoms with Crippen molar-refractivity contribution >= 4 is 29.3 Å². The highest BCUT2D eigenvalue weighted by atomic mass is 35.5. The Morgan fingerprint density at radius 2 is 1.93 bits per heavy atom. The number of rotatable bonds is 2. The van der Waals surface area contributed by atoms with E-state index < -0.39 is 16.6 Å². The van der Waals surface area contributed by atoms with Crippen LogP contribution >= 0.6 is 11.6 Å². The van der Waals surface area contributed by atoms with Gasteiger partial charge in [-0.25, -0.2) is 4.79 Å². The summed E-state index contributed by atoms with van der Waals surface area (Å²) in [5, 5.41) is 11.3. The van der Waals surface area contributed by atoms with Crippen molar-refractivity contribution in [2.24, 2.45) is 0 Å². The van der Waals surface area contributed by atoms with E-state index in [0.29, 0.717) is 19.6 Å². The van der Waals surface area contributed by atoms with E-state index in [1.165, 1.54) is 19.1 Å².